The van der Waals surface area contributed by atoms with Gasteiger partial charge in [-0.1, -0.05) is 40.2 Å². The zero-order chi connectivity index (χ0) is 14.4. The van der Waals surface area contributed by atoms with Gasteiger partial charge in [0.05, 0.1) is 24.6 Å². The summed E-state index contributed by atoms with van der Waals surface area (Å²) < 4.78 is 5.53. The number of anilines is 1. The molecule has 102 valence electrons. The van der Waals surface area contributed by atoms with Crippen LogP contribution in [0.25, 0.3) is 0 Å². The van der Waals surface area contributed by atoms with Crippen molar-refractivity contribution in [2.45, 2.75) is 0 Å². The molecule has 0 radical (unpaired) electrons. The fourth-order valence-corrected chi connectivity index (χ4v) is 2.11. The molecule has 0 aliphatic carbocycles. The highest BCUT2D eigenvalue weighted by atomic mass is 79.9. The third-order valence-corrected chi connectivity index (χ3v) is 3.31. The molecule has 0 saturated heterocycles. The molecule has 4 nitrogen and oxygen atoms in total. The van der Waals surface area contributed by atoms with Gasteiger partial charge in [-0.3, -0.25) is 5.43 Å². The molecule has 1 N–H and O–H groups in total. The van der Waals surface area contributed by atoms with E-state index in [1.165, 1.54) is 7.11 Å². The second kappa shape index (κ2) is 6.86. The van der Waals surface area contributed by atoms with E-state index in [9.17, 15) is 4.79 Å². The van der Waals surface area contributed by atoms with Crippen LogP contribution in [0.5, 0.6) is 0 Å². The Kier molecular flexibility index (Phi) is 4.90. The molecule has 0 atom stereocenters. The van der Waals surface area contributed by atoms with Gasteiger partial charge in [0.1, 0.15) is 0 Å². The maximum atomic E-state index is 11.7. The smallest absolute Gasteiger partial charge is 0.338 e. The number of carbonyl (C=O) groups is 1. The van der Waals surface area contributed by atoms with E-state index in [1.54, 1.807) is 18.3 Å². The molecule has 0 spiro atoms. The van der Waals surface area contributed by atoms with Crippen LogP contribution < -0.4 is 5.43 Å². The Hall–Kier alpha value is -2.14. The molecule has 0 aliphatic rings. The van der Waals surface area contributed by atoms with Crippen LogP contribution in [0.15, 0.2) is 58.1 Å². The fraction of sp³-hybridized carbons (Fsp3) is 0.0667. The highest BCUT2D eigenvalue weighted by Crippen LogP contribution is 2.19. The van der Waals surface area contributed by atoms with Crippen molar-refractivity contribution < 1.29 is 9.53 Å². The minimum atomic E-state index is -0.396. The average molecular weight is 333 g/mol. The van der Waals surface area contributed by atoms with Gasteiger partial charge in [-0.2, -0.15) is 5.10 Å². The first kappa shape index (κ1) is 14.3. The lowest BCUT2D eigenvalue weighted by atomic mass is 10.1. The molecule has 0 unspecified atom stereocenters. The number of benzene rings is 2. The van der Waals surface area contributed by atoms with Gasteiger partial charge in [0.2, 0.25) is 0 Å². The number of halogens is 1. The molecule has 2 aromatic rings. The first-order valence-corrected chi connectivity index (χ1v) is 6.72. The number of ether oxygens (including phenoxy) is 1. The Balaban J connectivity index is 2.22. The highest BCUT2D eigenvalue weighted by molar-refractivity contribution is 9.10. The molecule has 0 amide bonds. The lowest BCUT2D eigenvalue weighted by molar-refractivity contribution is 0.0600. The van der Waals surface area contributed by atoms with Crippen LogP contribution in [-0.2, 0) is 4.74 Å². The number of hydrogen-bond donors (Lipinski definition) is 1. The number of carbonyl (C=O) groups excluding carboxylic acids is 1. The van der Waals surface area contributed by atoms with Gasteiger partial charge in [-0.05, 0) is 24.3 Å². The monoisotopic (exact) mass is 332 g/mol. The normalized spacial score (nSPS) is 10.5. The van der Waals surface area contributed by atoms with Crippen LogP contribution in [0.4, 0.5) is 5.69 Å². The Morgan fingerprint density at radius 2 is 1.95 bits per heavy atom. The van der Waals surface area contributed by atoms with Crippen molar-refractivity contribution in [3.8, 4) is 0 Å². The first-order valence-electron chi connectivity index (χ1n) is 5.93. The highest BCUT2D eigenvalue weighted by Gasteiger charge is 2.12. The van der Waals surface area contributed by atoms with Gasteiger partial charge in [-0.15, -0.1) is 0 Å². The number of rotatable bonds is 4. The lowest BCUT2D eigenvalue weighted by Crippen LogP contribution is -2.06. The summed E-state index contributed by atoms with van der Waals surface area (Å²) in [4.78, 5) is 11.7. The van der Waals surface area contributed by atoms with E-state index in [0.717, 1.165) is 10.2 Å². The Bertz CT molecular complexity index is 627. The average Bonchev–Trinajstić information content (AvgIpc) is 2.49. The molecule has 0 fully saturated rings. The van der Waals surface area contributed by atoms with Crippen molar-refractivity contribution in [2.75, 3.05) is 12.5 Å². The molecule has 2 rings (SSSR count). The summed E-state index contributed by atoms with van der Waals surface area (Å²) in [6, 6.07) is 14.9. The fourth-order valence-electron chi connectivity index (χ4n) is 1.64. The van der Waals surface area contributed by atoms with Crippen molar-refractivity contribution >= 4 is 33.8 Å². The van der Waals surface area contributed by atoms with Crippen molar-refractivity contribution in [3.05, 3.63) is 64.1 Å². The standard InChI is InChI=1S/C15H13BrN2O2/c1-20-15(19)12-8-5-9-14(16)13(12)10-17-18-11-6-3-2-4-7-11/h2-10,18H,1H3. The van der Waals surface area contributed by atoms with E-state index >= 15 is 0 Å². The number of nitrogens with zero attached hydrogens (tertiary/aromatic N) is 1. The van der Waals surface area contributed by atoms with Crippen molar-refractivity contribution in [3.63, 3.8) is 0 Å². The maximum absolute atomic E-state index is 11.7. The summed E-state index contributed by atoms with van der Waals surface area (Å²) in [6.07, 6.45) is 1.59. The van der Waals surface area contributed by atoms with Gasteiger partial charge in [0.25, 0.3) is 0 Å². The summed E-state index contributed by atoms with van der Waals surface area (Å²) in [5, 5.41) is 4.14. The second-order valence-corrected chi connectivity index (χ2v) is 4.78. The molecule has 0 bridgehead atoms. The molecule has 2 aromatic carbocycles. The SMILES string of the molecule is COC(=O)c1cccc(Br)c1C=NNc1ccccc1. The molecule has 5 heteroatoms. The number of hydrogen-bond acceptors (Lipinski definition) is 4. The zero-order valence-electron chi connectivity index (χ0n) is 10.8. The van der Waals surface area contributed by atoms with Gasteiger partial charge < -0.3 is 4.74 Å². The van der Waals surface area contributed by atoms with Crippen LogP contribution >= 0.6 is 15.9 Å². The molecule has 0 heterocycles. The van der Waals surface area contributed by atoms with E-state index in [2.05, 4.69) is 26.5 Å². The zero-order valence-corrected chi connectivity index (χ0v) is 12.4. The predicted molar refractivity (Wildman–Crippen MR) is 83.1 cm³/mol. The predicted octanol–water partition coefficient (Wildman–Crippen LogP) is 3.68. The van der Waals surface area contributed by atoms with E-state index in [0.29, 0.717) is 11.1 Å². The number of nitrogens with one attached hydrogen (secondary N) is 1. The molecule has 20 heavy (non-hydrogen) atoms. The van der Waals surface area contributed by atoms with Gasteiger partial charge in [0.15, 0.2) is 0 Å². The van der Waals surface area contributed by atoms with Crippen LogP contribution in [-0.4, -0.2) is 19.3 Å². The third-order valence-electron chi connectivity index (χ3n) is 2.62. The Morgan fingerprint density at radius 1 is 1.20 bits per heavy atom. The lowest BCUT2D eigenvalue weighted by Gasteiger charge is -2.06. The summed E-state index contributed by atoms with van der Waals surface area (Å²) in [7, 11) is 1.35. The van der Waals surface area contributed by atoms with E-state index < -0.39 is 5.97 Å². The quantitative estimate of drug-likeness (QED) is 0.527. The number of esters is 1. The first-order chi connectivity index (χ1) is 9.72. The Morgan fingerprint density at radius 3 is 2.65 bits per heavy atom. The van der Waals surface area contributed by atoms with Crippen molar-refractivity contribution in [2.24, 2.45) is 5.10 Å². The van der Waals surface area contributed by atoms with E-state index in [-0.39, 0.29) is 0 Å². The molecular formula is C15H13BrN2O2. The summed E-state index contributed by atoms with van der Waals surface area (Å²) in [5.74, 6) is -0.396. The van der Waals surface area contributed by atoms with E-state index in [1.807, 2.05) is 36.4 Å². The second-order valence-electron chi connectivity index (χ2n) is 3.93. The van der Waals surface area contributed by atoms with Gasteiger partial charge >= 0.3 is 5.97 Å². The van der Waals surface area contributed by atoms with Crippen LogP contribution in [0.1, 0.15) is 15.9 Å². The van der Waals surface area contributed by atoms with Gasteiger partial charge in [0, 0.05) is 10.0 Å². The summed E-state index contributed by atoms with van der Waals surface area (Å²) in [6.45, 7) is 0. The topological polar surface area (TPSA) is 50.7 Å². The summed E-state index contributed by atoms with van der Waals surface area (Å²) >= 11 is 3.40. The van der Waals surface area contributed by atoms with Crippen molar-refractivity contribution in [1.82, 2.24) is 0 Å². The largest absolute Gasteiger partial charge is 0.465 e. The van der Waals surface area contributed by atoms with Crippen molar-refractivity contribution in [1.29, 1.82) is 0 Å². The minimum Gasteiger partial charge on any atom is -0.465 e. The molecule has 0 saturated carbocycles. The van der Waals surface area contributed by atoms with Crippen LogP contribution in [0, 0.1) is 0 Å². The maximum Gasteiger partial charge on any atom is 0.338 e. The number of methoxy groups -OCH3 is 1. The molecular weight excluding hydrogens is 320 g/mol. The van der Waals surface area contributed by atoms with Gasteiger partial charge in [-0.25, -0.2) is 4.79 Å². The van der Waals surface area contributed by atoms with Crippen LogP contribution in [0.2, 0.25) is 0 Å². The van der Waals surface area contributed by atoms with E-state index in [4.69, 9.17) is 4.74 Å². The van der Waals surface area contributed by atoms with Crippen LogP contribution in [0.3, 0.4) is 0 Å². The number of hydrazone groups is 1. The third kappa shape index (κ3) is 3.45. The number of para-hydroxylation sites is 1. The summed E-state index contributed by atoms with van der Waals surface area (Å²) in [5.41, 5.74) is 4.90. The minimum absolute atomic E-state index is 0.396. The molecule has 0 aromatic heterocycles. The Labute approximate surface area is 125 Å². The molecule has 0 aliphatic heterocycles.